The first kappa shape index (κ1) is 24.1. The molecule has 3 N–H and O–H groups in total. The number of aryl methyl sites for hydroxylation is 1. The Hall–Kier alpha value is -3.08. The number of phenolic OH excluding ortho intramolecular Hbond substituents is 1. The van der Waals surface area contributed by atoms with Crippen LogP contribution < -0.4 is 15.5 Å². The summed E-state index contributed by atoms with van der Waals surface area (Å²) in [4.78, 5) is 28.1. The van der Waals surface area contributed by atoms with Gasteiger partial charge in [-0.2, -0.15) is 0 Å². The van der Waals surface area contributed by atoms with Gasteiger partial charge in [0.25, 0.3) is 0 Å². The molecule has 1 heterocycles. The van der Waals surface area contributed by atoms with Crippen molar-refractivity contribution in [3.63, 3.8) is 0 Å². The van der Waals surface area contributed by atoms with Crippen molar-refractivity contribution in [2.45, 2.75) is 51.7 Å². The minimum Gasteiger partial charge on any atom is -0.508 e. The fraction of sp³-hybridized carbons (Fsp3) is 0.333. The second-order valence-electron chi connectivity index (χ2n) is 8.61. The minimum atomic E-state index is -0.676. The third-order valence-electron chi connectivity index (χ3n) is 6.19. The molecule has 4 rings (SSSR count). The number of carbonyl (C=O) groups is 2. The van der Waals surface area contributed by atoms with E-state index < -0.39 is 12.1 Å². The van der Waals surface area contributed by atoms with Gasteiger partial charge in [-0.05, 0) is 85.5 Å². The van der Waals surface area contributed by atoms with E-state index in [0.717, 1.165) is 33.8 Å². The van der Waals surface area contributed by atoms with Crippen molar-refractivity contribution in [1.29, 1.82) is 0 Å². The fourth-order valence-electron chi connectivity index (χ4n) is 4.29. The Labute approximate surface area is 208 Å². The highest BCUT2D eigenvalue weighted by molar-refractivity contribution is 9.10. The first-order valence-electron chi connectivity index (χ1n) is 11.6. The number of hydrogen-bond donors (Lipinski definition) is 3. The number of amides is 2. The number of anilines is 1. The van der Waals surface area contributed by atoms with Crippen LogP contribution in [0.1, 0.15) is 37.8 Å². The summed E-state index contributed by atoms with van der Waals surface area (Å²) in [5, 5.41) is 18.7. The Morgan fingerprint density at radius 1 is 1.29 bits per heavy atom. The lowest BCUT2D eigenvalue weighted by molar-refractivity contribution is -0.128. The van der Waals surface area contributed by atoms with Crippen LogP contribution in [0.5, 0.6) is 5.75 Å². The van der Waals surface area contributed by atoms with E-state index in [1.54, 1.807) is 24.0 Å². The molecule has 0 unspecified atom stereocenters. The van der Waals surface area contributed by atoms with Crippen molar-refractivity contribution in [3.8, 4) is 5.75 Å². The van der Waals surface area contributed by atoms with Gasteiger partial charge in [0.05, 0.1) is 18.3 Å². The van der Waals surface area contributed by atoms with E-state index in [9.17, 15) is 14.7 Å². The Balaban J connectivity index is 1.68. The molecule has 0 fully saturated rings. The highest BCUT2D eigenvalue weighted by Crippen LogP contribution is 2.33. The SMILES string of the molecule is CCCN[C@@H](C)C(=O)N[C@H]1CCc2ccc#cc2N(Cc2c(O)ccc3cc(Br)ccc23)C1=O. The maximum absolute atomic E-state index is 13.8. The molecule has 176 valence electrons. The summed E-state index contributed by atoms with van der Waals surface area (Å²) in [6, 6.07) is 18.0. The number of aromatic hydroxyl groups is 1. The van der Waals surface area contributed by atoms with Gasteiger partial charge in [0, 0.05) is 10.0 Å². The van der Waals surface area contributed by atoms with Gasteiger partial charge in [-0.3, -0.25) is 14.5 Å². The third-order valence-corrected chi connectivity index (χ3v) is 6.69. The molecule has 0 radical (unpaired) electrons. The molecule has 0 saturated heterocycles. The number of hydrogen-bond acceptors (Lipinski definition) is 4. The maximum Gasteiger partial charge on any atom is 0.250 e. The highest BCUT2D eigenvalue weighted by atomic mass is 79.9. The zero-order chi connectivity index (χ0) is 24.2. The Kier molecular flexibility index (Phi) is 7.40. The quantitative estimate of drug-likeness (QED) is 0.433. The van der Waals surface area contributed by atoms with Gasteiger partial charge in [-0.15, -0.1) is 0 Å². The van der Waals surface area contributed by atoms with Crippen molar-refractivity contribution < 1.29 is 14.7 Å². The highest BCUT2D eigenvalue weighted by Gasteiger charge is 2.33. The number of fused-ring (bicyclic) bond motifs is 2. The molecule has 3 aromatic rings. The van der Waals surface area contributed by atoms with Gasteiger partial charge in [-0.25, -0.2) is 0 Å². The van der Waals surface area contributed by atoms with Gasteiger partial charge in [0.1, 0.15) is 11.8 Å². The average molecular weight is 522 g/mol. The summed E-state index contributed by atoms with van der Waals surface area (Å²) < 4.78 is 0.935. The summed E-state index contributed by atoms with van der Waals surface area (Å²) in [5.74, 6) is -0.309. The predicted octanol–water partition coefficient (Wildman–Crippen LogP) is 4.26. The molecule has 6 nitrogen and oxygen atoms in total. The molecular formula is C27H28BrN3O3. The Bertz CT molecular complexity index is 1210. The van der Waals surface area contributed by atoms with Crippen LogP contribution in [-0.2, 0) is 22.6 Å². The van der Waals surface area contributed by atoms with Crippen molar-refractivity contribution in [1.82, 2.24) is 10.6 Å². The molecule has 2 amide bonds. The number of nitrogens with one attached hydrogen (secondary N) is 2. The van der Waals surface area contributed by atoms with E-state index in [1.165, 1.54) is 0 Å². The first-order chi connectivity index (χ1) is 16.4. The van der Waals surface area contributed by atoms with Crippen LogP contribution in [0.4, 0.5) is 5.69 Å². The van der Waals surface area contributed by atoms with Gasteiger partial charge in [0.2, 0.25) is 11.8 Å². The summed E-state index contributed by atoms with van der Waals surface area (Å²) in [5.41, 5.74) is 2.24. The lowest BCUT2D eigenvalue weighted by Gasteiger charge is -2.27. The van der Waals surface area contributed by atoms with E-state index in [2.05, 4.69) is 38.7 Å². The zero-order valence-electron chi connectivity index (χ0n) is 19.3. The molecule has 2 atom stereocenters. The van der Waals surface area contributed by atoms with Gasteiger partial charge in [-0.1, -0.05) is 41.1 Å². The number of phenols is 1. The second kappa shape index (κ2) is 10.5. The number of benzene rings is 2. The molecule has 34 heavy (non-hydrogen) atoms. The molecule has 0 aromatic heterocycles. The first-order valence-corrected chi connectivity index (χ1v) is 12.3. The van der Waals surface area contributed by atoms with E-state index in [0.29, 0.717) is 24.1 Å². The molecule has 1 aliphatic rings. The molecule has 3 aromatic carbocycles. The van der Waals surface area contributed by atoms with Crippen LogP contribution in [0.15, 0.2) is 46.9 Å². The fourth-order valence-corrected chi connectivity index (χ4v) is 4.67. The van der Waals surface area contributed by atoms with Crippen LogP contribution in [0.2, 0.25) is 0 Å². The van der Waals surface area contributed by atoms with Crippen molar-refractivity contribution in [2.75, 3.05) is 11.4 Å². The van der Waals surface area contributed by atoms with Crippen LogP contribution in [0.25, 0.3) is 10.8 Å². The third kappa shape index (κ3) is 5.03. The van der Waals surface area contributed by atoms with Gasteiger partial charge >= 0.3 is 0 Å². The zero-order valence-corrected chi connectivity index (χ0v) is 20.9. The van der Waals surface area contributed by atoms with E-state index in [-0.39, 0.29) is 24.1 Å². The summed E-state index contributed by atoms with van der Waals surface area (Å²) in [6.07, 6.45) is 2.03. The summed E-state index contributed by atoms with van der Waals surface area (Å²) in [6.45, 7) is 4.72. The summed E-state index contributed by atoms with van der Waals surface area (Å²) >= 11 is 3.49. The Morgan fingerprint density at radius 2 is 2.12 bits per heavy atom. The van der Waals surface area contributed by atoms with Crippen molar-refractivity contribution in [3.05, 3.63) is 70.2 Å². The van der Waals surface area contributed by atoms with Crippen LogP contribution in [0, 0.1) is 12.1 Å². The standard InChI is InChI=1S/C27H28BrN3O3/c1-3-14-29-17(2)26(33)30-23-12-8-18-6-4-5-7-24(18)31(27(23)34)16-22-21-11-10-20(28)15-19(21)9-13-25(22)32/h4,6,9-11,13,15,17,23,29,32H,3,8,12,14,16H2,1-2H3,(H,30,33)/t17-,23-/m0/s1. The molecule has 7 heteroatoms. The molecule has 0 saturated carbocycles. The van der Waals surface area contributed by atoms with Crippen LogP contribution in [-0.4, -0.2) is 35.5 Å². The topological polar surface area (TPSA) is 81.7 Å². The van der Waals surface area contributed by atoms with E-state index in [1.807, 2.05) is 37.3 Å². The number of nitrogens with zero attached hydrogens (tertiary/aromatic N) is 1. The molecule has 0 aliphatic carbocycles. The largest absolute Gasteiger partial charge is 0.508 e. The van der Waals surface area contributed by atoms with Crippen molar-refractivity contribution in [2.24, 2.45) is 0 Å². The monoisotopic (exact) mass is 521 g/mol. The maximum atomic E-state index is 13.8. The average Bonchev–Trinajstić information content (AvgIpc) is 2.96. The number of carbonyl (C=O) groups excluding carboxylic acids is 2. The molecular weight excluding hydrogens is 494 g/mol. The number of rotatable bonds is 7. The number of halogens is 1. The molecule has 0 bridgehead atoms. The predicted molar refractivity (Wildman–Crippen MR) is 137 cm³/mol. The minimum absolute atomic E-state index is 0.117. The van der Waals surface area contributed by atoms with E-state index >= 15 is 0 Å². The van der Waals surface area contributed by atoms with Gasteiger partial charge < -0.3 is 15.7 Å². The van der Waals surface area contributed by atoms with Crippen LogP contribution in [0.3, 0.4) is 0 Å². The smallest absolute Gasteiger partial charge is 0.250 e. The van der Waals surface area contributed by atoms with E-state index in [4.69, 9.17) is 0 Å². The lowest BCUT2D eigenvalue weighted by Crippen LogP contribution is -2.52. The lowest BCUT2D eigenvalue weighted by atomic mass is 10.0. The van der Waals surface area contributed by atoms with Crippen molar-refractivity contribution >= 4 is 44.2 Å². The second-order valence-corrected chi connectivity index (χ2v) is 9.52. The van der Waals surface area contributed by atoms with Gasteiger partial charge in [0.15, 0.2) is 0 Å². The van der Waals surface area contributed by atoms with Crippen LogP contribution >= 0.6 is 15.9 Å². The Morgan fingerprint density at radius 3 is 2.91 bits per heavy atom. The molecule has 1 aliphatic heterocycles. The molecule has 0 spiro atoms. The summed E-state index contributed by atoms with van der Waals surface area (Å²) in [7, 11) is 0. The normalized spacial score (nSPS) is 16.5.